The summed E-state index contributed by atoms with van der Waals surface area (Å²) in [5, 5.41) is 0. The second-order valence-electron chi connectivity index (χ2n) is 2.78. The highest BCUT2D eigenvalue weighted by atomic mass is 16.5. The molecular weight excluding hydrogens is 144 g/mol. The SMILES string of the molecule is COC1(C)CC(=O)C=CC1=O. The fourth-order valence-electron chi connectivity index (χ4n) is 0.996. The second kappa shape index (κ2) is 2.58. The van der Waals surface area contributed by atoms with E-state index in [0.717, 1.165) is 0 Å². The lowest BCUT2D eigenvalue weighted by atomic mass is 9.89. The van der Waals surface area contributed by atoms with Gasteiger partial charge in [-0.3, -0.25) is 9.59 Å². The van der Waals surface area contributed by atoms with Gasteiger partial charge in [0.05, 0.1) is 0 Å². The Morgan fingerprint density at radius 3 is 2.55 bits per heavy atom. The van der Waals surface area contributed by atoms with Crippen molar-refractivity contribution in [2.24, 2.45) is 0 Å². The van der Waals surface area contributed by atoms with Gasteiger partial charge in [0.25, 0.3) is 0 Å². The van der Waals surface area contributed by atoms with Crippen LogP contribution in [0.1, 0.15) is 13.3 Å². The Balaban J connectivity index is 2.92. The monoisotopic (exact) mass is 154 g/mol. The zero-order valence-electron chi connectivity index (χ0n) is 6.59. The molecule has 0 amide bonds. The Hall–Kier alpha value is -0.960. The quantitative estimate of drug-likeness (QED) is 0.552. The molecule has 0 spiro atoms. The average molecular weight is 154 g/mol. The molecule has 1 rings (SSSR count). The number of hydrogen-bond acceptors (Lipinski definition) is 3. The van der Waals surface area contributed by atoms with Crippen LogP contribution in [0.25, 0.3) is 0 Å². The summed E-state index contributed by atoms with van der Waals surface area (Å²) in [7, 11) is 1.43. The molecular formula is C8H10O3. The summed E-state index contributed by atoms with van der Waals surface area (Å²) in [4.78, 5) is 22.0. The number of allylic oxidation sites excluding steroid dienone is 1. The summed E-state index contributed by atoms with van der Waals surface area (Å²) < 4.78 is 4.94. The first-order valence-electron chi connectivity index (χ1n) is 3.39. The van der Waals surface area contributed by atoms with E-state index in [2.05, 4.69) is 0 Å². The van der Waals surface area contributed by atoms with Crippen molar-refractivity contribution in [3.63, 3.8) is 0 Å². The molecule has 0 aromatic rings. The Morgan fingerprint density at radius 2 is 2.09 bits per heavy atom. The van der Waals surface area contributed by atoms with Gasteiger partial charge in [0.15, 0.2) is 11.6 Å². The Kier molecular flexibility index (Phi) is 1.91. The molecule has 0 saturated carbocycles. The molecule has 0 fully saturated rings. The molecule has 0 aliphatic heterocycles. The molecule has 0 aromatic carbocycles. The maximum Gasteiger partial charge on any atom is 0.187 e. The fourth-order valence-corrected chi connectivity index (χ4v) is 0.996. The molecule has 0 aromatic heterocycles. The molecule has 0 bridgehead atoms. The van der Waals surface area contributed by atoms with Crippen LogP contribution in [0.4, 0.5) is 0 Å². The lowest BCUT2D eigenvalue weighted by Crippen LogP contribution is -2.40. The molecule has 3 heteroatoms. The molecule has 1 aliphatic carbocycles. The van der Waals surface area contributed by atoms with Gasteiger partial charge < -0.3 is 4.74 Å². The van der Waals surface area contributed by atoms with Crippen molar-refractivity contribution in [1.82, 2.24) is 0 Å². The highest BCUT2D eigenvalue weighted by Crippen LogP contribution is 2.20. The van der Waals surface area contributed by atoms with E-state index in [1.807, 2.05) is 0 Å². The van der Waals surface area contributed by atoms with Crippen molar-refractivity contribution in [2.75, 3.05) is 7.11 Å². The van der Waals surface area contributed by atoms with E-state index in [4.69, 9.17) is 4.74 Å². The van der Waals surface area contributed by atoms with Crippen LogP contribution in [0.3, 0.4) is 0 Å². The Labute approximate surface area is 65.0 Å². The summed E-state index contributed by atoms with van der Waals surface area (Å²) in [5.74, 6) is -0.200. The minimum atomic E-state index is -0.925. The molecule has 3 nitrogen and oxygen atoms in total. The third-order valence-electron chi connectivity index (χ3n) is 1.90. The first-order valence-corrected chi connectivity index (χ1v) is 3.39. The van der Waals surface area contributed by atoms with E-state index in [9.17, 15) is 9.59 Å². The van der Waals surface area contributed by atoms with Crippen molar-refractivity contribution >= 4 is 11.6 Å². The van der Waals surface area contributed by atoms with Crippen LogP contribution in [-0.2, 0) is 14.3 Å². The van der Waals surface area contributed by atoms with Crippen molar-refractivity contribution in [3.05, 3.63) is 12.2 Å². The minimum Gasteiger partial charge on any atom is -0.370 e. The summed E-state index contributed by atoms with van der Waals surface area (Å²) in [6.07, 6.45) is 2.72. The van der Waals surface area contributed by atoms with Gasteiger partial charge in [0, 0.05) is 13.5 Å². The average Bonchev–Trinajstić information content (AvgIpc) is 1.98. The molecule has 1 unspecified atom stereocenters. The van der Waals surface area contributed by atoms with Crippen molar-refractivity contribution in [1.29, 1.82) is 0 Å². The van der Waals surface area contributed by atoms with Crippen LogP contribution in [0.15, 0.2) is 12.2 Å². The number of carbonyl (C=O) groups is 2. The Morgan fingerprint density at radius 1 is 1.45 bits per heavy atom. The third kappa shape index (κ3) is 1.38. The molecule has 0 heterocycles. The molecule has 1 atom stereocenters. The summed E-state index contributed by atoms with van der Waals surface area (Å²) in [5.41, 5.74) is -0.925. The topological polar surface area (TPSA) is 43.4 Å². The maximum atomic E-state index is 11.1. The van der Waals surface area contributed by atoms with Gasteiger partial charge in [-0.25, -0.2) is 0 Å². The standard InChI is InChI=1S/C8H10O3/c1-8(11-2)5-6(9)3-4-7(8)10/h3-4H,5H2,1-2H3. The van der Waals surface area contributed by atoms with Gasteiger partial charge >= 0.3 is 0 Å². The predicted octanol–water partition coefficient (Wildman–Crippen LogP) is 0.490. The molecule has 0 N–H and O–H groups in total. The van der Waals surface area contributed by atoms with E-state index in [0.29, 0.717) is 0 Å². The normalized spacial score (nSPS) is 31.1. The first kappa shape index (κ1) is 8.14. The molecule has 0 saturated heterocycles. The highest BCUT2D eigenvalue weighted by Gasteiger charge is 2.35. The summed E-state index contributed by atoms with van der Waals surface area (Å²) in [6.45, 7) is 1.62. The largest absolute Gasteiger partial charge is 0.370 e. The molecule has 0 radical (unpaired) electrons. The van der Waals surface area contributed by atoms with Crippen LogP contribution >= 0.6 is 0 Å². The lowest BCUT2D eigenvalue weighted by Gasteiger charge is -2.25. The van der Waals surface area contributed by atoms with Crippen molar-refractivity contribution < 1.29 is 14.3 Å². The Bertz CT molecular complexity index is 229. The van der Waals surface area contributed by atoms with Crippen LogP contribution in [-0.4, -0.2) is 24.3 Å². The zero-order chi connectivity index (χ0) is 8.48. The maximum absolute atomic E-state index is 11.1. The van der Waals surface area contributed by atoms with E-state index in [-0.39, 0.29) is 18.0 Å². The number of rotatable bonds is 1. The molecule has 11 heavy (non-hydrogen) atoms. The smallest absolute Gasteiger partial charge is 0.187 e. The minimum absolute atomic E-state index is 0.0612. The predicted molar refractivity (Wildman–Crippen MR) is 39.2 cm³/mol. The number of ether oxygens (including phenoxy) is 1. The lowest BCUT2D eigenvalue weighted by molar-refractivity contribution is -0.140. The van der Waals surface area contributed by atoms with Crippen LogP contribution in [0, 0.1) is 0 Å². The van der Waals surface area contributed by atoms with E-state index < -0.39 is 5.60 Å². The number of hydrogen-bond donors (Lipinski definition) is 0. The van der Waals surface area contributed by atoms with Gasteiger partial charge in [-0.1, -0.05) is 0 Å². The van der Waals surface area contributed by atoms with Crippen LogP contribution in [0.5, 0.6) is 0 Å². The van der Waals surface area contributed by atoms with Gasteiger partial charge in [0.1, 0.15) is 5.60 Å². The van der Waals surface area contributed by atoms with Gasteiger partial charge in [-0.2, -0.15) is 0 Å². The summed E-state index contributed by atoms with van der Waals surface area (Å²) in [6, 6.07) is 0. The molecule has 60 valence electrons. The van der Waals surface area contributed by atoms with Crippen LogP contribution < -0.4 is 0 Å². The van der Waals surface area contributed by atoms with Gasteiger partial charge in [-0.05, 0) is 19.1 Å². The number of ketones is 2. The van der Waals surface area contributed by atoms with Gasteiger partial charge in [-0.15, -0.1) is 0 Å². The van der Waals surface area contributed by atoms with Crippen molar-refractivity contribution in [2.45, 2.75) is 18.9 Å². The highest BCUT2D eigenvalue weighted by molar-refractivity contribution is 6.09. The fraction of sp³-hybridized carbons (Fsp3) is 0.500. The number of carbonyl (C=O) groups excluding carboxylic acids is 2. The van der Waals surface area contributed by atoms with Crippen molar-refractivity contribution in [3.8, 4) is 0 Å². The van der Waals surface area contributed by atoms with E-state index in [1.165, 1.54) is 19.3 Å². The first-order chi connectivity index (χ1) is 5.08. The zero-order valence-corrected chi connectivity index (χ0v) is 6.59. The van der Waals surface area contributed by atoms with Gasteiger partial charge in [0.2, 0.25) is 0 Å². The number of methoxy groups -OCH3 is 1. The third-order valence-corrected chi connectivity index (χ3v) is 1.90. The molecule has 1 aliphatic rings. The second-order valence-corrected chi connectivity index (χ2v) is 2.78. The summed E-state index contributed by atoms with van der Waals surface area (Å²) >= 11 is 0. The van der Waals surface area contributed by atoms with E-state index >= 15 is 0 Å². The van der Waals surface area contributed by atoms with Crippen LogP contribution in [0.2, 0.25) is 0 Å². The van der Waals surface area contributed by atoms with E-state index in [1.54, 1.807) is 6.92 Å².